The molecule has 0 spiro atoms. The van der Waals surface area contributed by atoms with E-state index in [9.17, 15) is 5.11 Å². The second kappa shape index (κ2) is 8.03. The lowest BCUT2D eigenvalue weighted by atomic mass is 10.0. The summed E-state index contributed by atoms with van der Waals surface area (Å²) < 4.78 is 5.41. The fraction of sp³-hybridized carbons (Fsp3) is 1.00. The fourth-order valence-electron chi connectivity index (χ4n) is 1.81. The van der Waals surface area contributed by atoms with Crippen molar-refractivity contribution in [2.75, 3.05) is 26.4 Å². The van der Waals surface area contributed by atoms with Gasteiger partial charge in [-0.05, 0) is 31.1 Å². The molecule has 4 nitrogen and oxygen atoms in total. The van der Waals surface area contributed by atoms with Gasteiger partial charge in [0.25, 0.3) is 0 Å². The summed E-state index contributed by atoms with van der Waals surface area (Å²) in [4.78, 5) is 0. The Labute approximate surface area is 104 Å². The maximum absolute atomic E-state index is 9.69. The lowest BCUT2D eigenvalue weighted by molar-refractivity contribution is 0.0297. The van der Waals surface area contributed by atoms with Crippen LogP contribution in [0.5, 0.6) is 0 Å². The summed E-state index contributed by atoms with van der Waals surface area (Å²) >= 11 is 0. The average molecular weight is 245 g/mol. The van der Waals surface area contributed by atoms with E-state index in [4.69, 9.17) is 9.84 Å². The molecular formula is C13H27NO3. The summed E-state index contributed by atoms with van der Waals surface area (Å²) in [6.45, 7) is 6.03. The average Bonchev–Trinajstić information content (AvgIpc) is 3.07. The molecule has 0 radical (unpaired) electrons. The summed E-state index contributed by atoms with van der Waals surface area (Å²) in [6.07, 6.45) is 2.99. The number of aliphatic hydroxyl groups is 2. The zero-order valence-electron chi connectivity index (χ0n) is 11.1. The molecule has 1 aliphatic rings. The van der Waals surface area contributed by atoms with Gasteiger partial charge in [-0.25, -0.2) is 0 Å². The van der Waals surface area contributed by atoms with Gasteiger partial charge < -0.3 is 20.3 Å². The summed E-state index contributed by atoms with van der Waals surface area (Å²) in [6, 6.07) is 0.0769. The Balaban J connectivity index is 2.01. The maximum Gasteiger partial charge on any atom is 0.0897 e. The Morgan fingerprint density at radius 3 is 2.59 bits per heavy atom. The van der Waals surface area contributed by atoms with Gasteiger partial charge in [-0.2, -0.15) is 0 Å². The molecule has 1 aliphatic carbocycles. The van der Waals surface area contributed by atoms with Crippen molar-refractivity contribution >= 4 is 0 Å². The van der Waals surface area contributed by atoms with Crippen LogP contribution in [0.3, 0.4) is 0 Å². The van der Waals surface area contributed by atoms with Gasteiger partial charge in [0.15, 0.2) is 0 Å². The smallest absolute Gasteiger partial charge is 0.0897 e. The highest BCUT2D eigenvalue weighted by molar-refractivity contribution is 4.73. The molecular weight excluding hydrogens is 218 g/mol. The second-order valence-electron chi connectivity index (χ2n) is 5.55. The predicted molar refractivity (Wildman–Crippen MR) is 67.9 cm³/mol. The second-order valence-corrected chi connectivity index (χ2v) is 5.55. The Kier molecular flexibility index (Phi) is 7.04. The minimum absolute atomic E-state index is 0.0769. The molecule has 0 aromatic heterocycles. The first-order chi connectivity index (χ1) is 8.11. The molecule has 4 heteroatoms. The number of ether oxygens (including phenoxy) is 1. The Morgan fingerprint density at radius 1 is 1.35 bits per heavy atom. The number of rotatable bonds is 10. The highest BCUT2D eigenvalue weighted by atomic mass is 16.5. The molecule has 0 saturated heterocycles. The summed E-state index contributed by atoms with van der Waals surface area (Å²) in [7, 11) is 0. The van der Waals surface area contributed by atoms with Crippen LogP contribution in [0, 0.1) is 11.8 Å². The summed E-state index contributed by atoms with van der Waals surface area (Å²) in [5, 5.41) is 22.0. The molecule has 0 amide bonds. The quantitative estimate of drug-likeness (QED) is 0.532. The highest BCUT2D eigenvalue weighted by Gasteiger charge is 2.21. The van der Waals surface area contributed by atoms with E-state index in [0.717, 1.165) is 18.9 Å². The zero-order chi connectivity index (χ0) is 12.7. The van der Waals surface area contributed by atoms with Gasteiger partial charge in [0, 0.05) is 19.2 Å². The Morgan fingerprint density at radius 2 is 2.06 bits per heavy atom. The SMILES string of the molecule is CC(C)CC(CO)NCC(O)COCC1CC1. The van der Waals surface area contributed by atoms with Crippen LogP contribution < -0.4 is 5.32 Å². The van der Waals surface area contributed by atoms with Crippen molar-refractivity contribution in [3.8, 4) is 0 Å². The minimum atomic E-state index is -0.477. The third-order valence-electron chi connectivity index (χ3n) is 2.98. The van der Waals surface area contributed by atoms with Crippen molar-refractivity contribution in [3.63, 3.8) is 0 Å². The minimum Gasteiger partial charge on any atom is -0.395 e. The molecule has 0 bridgehead atoms. The Bertz CT molecular complexity index is 195. The molecule has 1 rings (SSSR count). The van der Waals surface area contributed by atoms with E-state index >= 15 is 0 Å². The third-order valence-corrected chi connectivity index (χ3v) is 2.98. The lowest BCUT2D eigenvalue weighted by Crippen LogP contribution is -2.40. The van der Waals surface area contributed by atoms with E-state index in [1.54, 1.807) is 0 Å². The van der Waals surface area contributed by atoms with Crippen LogP contribution in [0.25, 0.3) is 0 Å². The van der Waals surface area contributed by atoms with Crippen molar-refractivity contribution in [3.05, 3.63) is 0 Å². The van der Waals surface area contributed by atoms with E-state index in [2.05, 4.69) is 19.2 Å². The number of aliphatic hydroxyl groups excluding tert-OH is 2. The van der Waals surface area contributed by atoms with Crippen LogP contribution in [-0.2, 0) is 4.74 Å². The Hall–Kier alpha value is -0.160. The van der Waals surface area contributed by atoms with E-state index < -0.39 is 6.10 Å². The molecule has 0 aliphatic heterocycles. The molecule has 2 unspecified atom stereocenters. The van der Waals surface area contributed by atoms with Gasteiger partial charge in [0.1, 0.15) is 0 Å². The van der Waals surface area contributed by atoms with E-state index in [1.807, 2.05) is 0 Å². The zero-order valence-corrected chi connectivity index (χ0v) is 11.1. The van der Waals surface area contributed by atoms with Gasteiger partial charge in [0.05, 0.1) is 19.3 Å². The normalized spacial score (nSPS) is 19.6. The number of nitrogens with one attached hydrogen (secondary N) is 1. The molecule has 17 heavy (non-hydrogen) atoms. The molecule has 1 saturated carbocycles. The highest BCUT2D eigenvalue weighted by Crippen LogP contribution is 2.28. The molecule has 102 valence electrons. The molecule has 1 fully saturated rings. The third kappa shape index (κ3) is 7.71. The van der Waals surface area contributed by atoms with Crippen LogP contribution in [-0.4, -0.2) is 48.7 Å². The topological polar surface area (TPSA) is 61.7 Å². The molecule has 0 aromatic carbocycles. The van der Waals surface area contributed by atoms with Gasteiger partial charge in [-0.15, -0.1) is 0 Å². The molecule has 3 N–H and O–H groups in total. The van der Waals surface area contributed by atoms with Crippen molar-refractivity contribution in [1.29, 1.82) is 0 Å². The van der Waals surface area contributed by atoms with E-state index in [0.29, 0.717) is 19.1 Å². The van der Waals surface area contributed by atoms with E-state index in [1.165, 1.54) is 12.8 Å². The monoisotopic (exact) mass is 245 g/mol. The van der Waals surface area contributed by atoms with E-state index in [-0.39, 0.29) is 12.6 Å². The molecule has 0 aromatic rings. The van der Waals surface area contributed by atoms with Crippen molar-refractivity contribution < 1.29 is 14.9 Å². The fourth-order valence-corrected chi connectivity index (χ4v) is 1.81. The van der Waals surface area contributed by atoms with Gasteiger partial charge in [-0.3, -0.25) is 0 Å². The molecule has 0 heterocycles. The van der Waals surface area contributed by atoms with Crippen molar-refractivity contribution in [2.45, 2.75) is 45.3 Å². The van der Waals surface area contributed by atoms with Gasteiger partial charge in [-0.1, -0.05) is 13.8 Å². The standard InChI is InChI=1S/C13H27NO3/c1-10(2)5-12(7-15)14-6-13(16)9-17-8-11-3-4-11/h10-16H,3-9H2,1-2H3. The first kappa shape index (κ1) is 14.9. The van der Waals surface area contributed by atoms with Crippen LogP contribution in [0.4, 0.5) is 0 Å². The summed E-state index contributed by atoms with van der Waals surface area (Å²) in [5.74, 6) is 1.28. The first-order valence-electron chi connectivity index (χ1n) is 6.71. The largest absolute Gasteiger partial charge is 0.395 e. The van der Waals surface area contributed by atoms with Gasteiger partial charge in [0.2, 0.25) is 0 Å². The number of hydrogen-bond acceptors (Lipinski definition) is 4. The van der Waals surface area contributed by atoms with Crippen LogP contribution >= 0.6 is 0 Å². The van der Waals surface area contributed by atoms with Gasteiger partial charge >= 0.3 is 0 Å². The van der Waals surface area contributed by atoms with Crippen LogP contribution in [0.15, 0.2) is 0 Å². The van der Waals surface area contributed by atoms with Crippen molar-refractivity contribution in [2.24, 2.45) is 11.8 Å². The van der Waals surface area contributed by atoms with Crippen LogP contribution in [0.2, 0.25) is 0 Å². The first-order valence-corrected chi connectivity index (χ1v) is 6.71. The van der Waals surface area contributed by atoms with Crippen LogP contribution in [0.1, 0.15) is 33.1 Å². The maximum atomic E-state index is 9.69. The lowest BCUT2D eigenvalue weighted by Gasteiger charge is -2.20. The van der Waals surface area contributed by atoms with Crippen molar-refractivity contribution in [1.82, 2.24) is 5.32 Å². The number of hydrogen-bond donors (Lipinski definition) is 3. The molecule has 2 atom stereocenters. The summed E-state index contributed by atoms with van der Waals surface area (Å²) in [5.41, 5.74) is 0. The predicted octanol–water partition coefficient (Wildman–Crippen LogP) is 0.770.